The normalized spacial score (nSPS) is 26.5. The molecule has 2 aliphatic rings. The average Bonchev–Trinajstić information content (AvgIpc) is 2.52. The van der Waals surface area contributed by atoms with Crippen LogP contribution >= 0.6 is 0 Å². The van der Waals surface area contributed by atoms with E-state index in [9.17, 15) is 9.90 Å². The van der Waals surface area contributed by atoms with Crippen LogP contribution in [0.25, 0.3) is 0 Å². The van der Waals surface area contributed by atoms with E-state index < -0.39 is 0 Å². The Morgan fingerprint density at radius 3 is 2.71 bits per heavy atom. The van der Waals surface area contributed by atoms with E-state index >= 15 is 0 Å². The number of amides is 1. The number of nitrogens with zero attached hydrogens (tertiary/aromatic N) is 1. The fourth-order valence-corrected chi connectivity index (χ4v) is 3.82. The molecule has 1 saturated heterocycles. The lowest BCUT2D eigenvalue weighted by Crippen LogP contribution is -2.44. The van der Waals surface area contributed by atoms with Gasteiger partial charge in [0.1, 0.15) is 0 Å². The van der Waals surface area contributed by atoms with Crippen LogP contribution in [0.1, 0.15) is 64.7 Å². The molecule has 1 saturated carbocycles. The van der Waals surface area contributed by atoms with Crippen molar-refractivity contribution in [3.05, 3.63) is 0 Å². The molecule has 0 aromatic carbocycles. The third kappa shape index (κ3) is 4.68. The van der Waals surface area contributed by atoms with Crippen molar-refractivity contribution in [2.45, 2.75) is 70.8 Å². The quantitative estimate of drug-likeness (QED) is 0.740. The highest BCUT2D eigenvalue weighted by Gasteiger charge is 2.34. The fourth-order valence-electron chi connectivity index (χ4n) is 3.82. The maximum Gasteiger partial charge on any atom is 0.225 e. The SMILES string of the molecule is CC1(C(=O)NCCCN2CCCC[C@H]2CO)CCCCC1. The summed E-state index contributed by atoms with van der Waals surface area (Å²) in [7, 11) is 0. The summed E-state index contributed by atoms with van der Waals surface area (Å²) in [6, 6.07) is 0.338. The number of carbonyl (C=O) groups is 1. The molecule has 1 aliphatic heterocycles. The molecule has 0 bridgehead atoms. The van der Waals surface area contributed by atoms with Crippen LogP contribution in [0.15, 0.2) is 0 Å². The van der Waals surface area contributed by atoms with Crippen molar-refractivity contribution >= 4 is 5.91 Å². The first-order chi connectivity index (χ1) is 10.2. The number of likely N-dealkylation sites (tertiary alicyclic amines) is 1. The predicted octanol–water partition coefficient (Wildman–Crippen LogP) is 2.31. The minimum Gasteiger partial charge on any atom is -0.395 e. The second kappa shape index (κ2) is 8.14. The van der Waals surface area contributed by atoms with Crippen LogP contribution in [0.4, 0.5) is 0 Å². The molecule has 122 valence electrons. The number of aliphatic hydroxyl groups excluding tert-OH is 1. The minimum atomic E-state index is -0.128. The van der Waals surface area contributed by atoms with E-state index in [1.165, 1.54) is 32.1 Å². The Morgan fingerprint density at radius 2 is 2.00 bits per heavy atom. The molecule has 0 aromatic heterocycles. The molecule has 1 atom stereocenters. The molecule has 2 fully saturated rings. The number of hydrogen-bond acceptors (Lipinski definition) is 3. The monoisotopic (exact) mass is 296 g/mol. The highest BCUT2D eigenvalue weighted by molar-refractivity contribution is 5.82. The van der Waals surface area contributed by atoms with Crippen LogP contribution in [-0.2, 0) is 4.79 Å². The van der Waals surface area contributed by atoms with Crippen LogP contribution in [0.3, 0.4) is 0 Å². The second-order valence-corrected chi connectivity index (χ2v) is 7.10. The molecule has 4 nitrogen and oxygen atoms in total. The summed E-state index contributed by atoms with van der Waals surface area (Å²) in [4.78, 5) is 14.7. The van der Waals surface area contributed by atoms with Crippen LogP contribution in [0, 0.1) is 5.41 Å². The lowest BCUT2D eigenvalue weighted by atomic mass is 9.75. The molecule has 1 heterocycles. The summed E-state index contributed by atoms with van der Waals surface area (Å²) < 4.78 is 0. The molecule has 4 heteroatoms. The lowest BCUT2D eigenvalue weighted by molar-refractivity contribution is -0.131. The van der Waals surface area contributed by atoms with E-state index in [2.05, 4.69) is 17.1 Å². The van der Waals surface area contributed by atoms with Crippen LogP contribution in [-0.4, -0.2) is 48.2 Å². The number of aliphatic hydroxyl groups is 1. The highest BCUT2D eigenvalue weighted by Crippen LogP contribution is 2.35. The Labute approximate surface area is 129 Å². The van der Waals surface area contributed by atoms with Gasteiger partial charge in [-0.3, -0.25) is 9.69 Å². The summed E-state index contributed by atoms with van der Waals surface area (Å²) in [6.07, 6.45) is 10.3. The molecule has 0 spiro atoms. The zero-order chi connectivity index (χ0) is 15.1. The van der Waals surface area contributed by atoms with Gasteiger partial charge in [-0.2, -0.15) is 0 Å². The molecule has 21 heavy (non-hydrogen) atoms. The third-order valence-electron chi connectivity index (χ3n) is 5.37. The Kier molecular flexibility index (Phi) is 6.49. The second-order valence-electron chi connectivity index (χ2n) is 7.10. The maximum atomic E-state index is 12.3. The van der Waals surface area contributed by atoms with Crippen LogP contribution in [0.2, 0.25) is 0 Å². The van der Waals surface area contributed by atoms with Crippen molar-refractivity contribution in [3.8, 4) is 0 Å². The molecule has 1 aliphatic carbocycles. The number of nitrogens with one attached hydrogen (secondary N) is 1. The van der Waals surface area contributed by atoms with Crippen molar-refractivity contribution in [1.82, 2.24) is 10.2 Å². The van der Waals surface area contributed by atoms with E-state index in [4.69, 9.17) is 0 Å². The Hall–Kier alpha value is -0.610. The molecule has 2 N–H and O–H groups in total. The summed E-state index contributed by atoms with van der Waals surface area (Å²) in [5.41, 5.74) is -0.128. The first-order valence-corrected chi connectivity index (χ1v) is 8.79. The van der Waals surface area contributed by atoms with Gasteiger partial charge in [-0.25, -0.2) is 0 Å². The van der Waals surface area contributed by atoms with E-state index in [-0.39, 0.29) is 17.9 Å². The molecular formula is C17H32N2O2. The van der Waals surface area contributed by atoms with Crippen LogP contribution < -0.4 is 5.32 Å². The van der Waals surface area contributed by atoms with Gasteiger partial charge in [0.2, 0.25) is 5.91 Å². The van der Waals surface area contributed by atoms with Gasteiger partial charge in [-0.15, -0.1) is 0 Å². The van der Waals surface area contributed by atoms with E-state index in [1.807, 2.05) is 0 Å². The van der Waals surface area contributed by atoms with Gasteiger partial charge < -0.3 is 10.4 Å². The summed E-state index contributed by atoms with van der Waals surface area (Å²) in [6.45, 7) is 5.24. The molecule has 2 rings (SSSR count). The first kappa shape index (κ1) is 16.8. The topological polar surface area (TPSA) is 52.6 Å². The Bertz CT molecular complexity index is 327. The summed E-state index contributed by atoms with van der Waals surface area (Å²) >= 11 is 0. The minimum absolute atomic E-state index is 0.128. The largest absolute Gasteiger partial charge is 0.395 e. The van der Waals surface area contributed by atoms with E-state index in [1.54, 1.807) is 0 Å². The Morgan fingerprint density at radius 1 is 1.24 bits per heavy atom. The molecule has 1 amide bonds. The lowest BCUT2D eigenvalue weighted by Gasteiger charge is -2.35. The number of hydrogen-bond donors (Lipinski definition) is 2. The molecule has 0 unspecified atom stereocenters. The average molecular weight is 296 g/mol. The third-order valence-corrected chi connectivity index (χ3v) is 5.37. The standard InChI is InChI=1S/C17H32N2O2/c1-17(9-4-2-5-10-17)16(21)18-11-7-13-19-12-6-3-8-15(19)14-20/h15,20H,2-14H2,1H3,(H,18,21)/t15-/m0/s1. The summed E-state index contributed by atoms with van der Waals surface area (Å²) in [5.74, 6) is 0.250. The van der Waals surface area contributed by atoms with Gasteiger partial charge in [0.05, 0.1) is 6.61 Å². The Balaban J connectivity index is 1.65. The van der Waals surface area contributed by atoms with Gasteiger partial charge >= 0.3 is 0 Å². The maximum absolute atomic E-state index is 12.3. The van der Waals surface area contributed by atoms with Crippen molar-refractivity contribution in [3.63, 3.8) is 0 Å². The zero-order valence-electron chi connectivity index (χ0n) is 13.6. The van der Waals surface area contributed by atoms with Gasteiger partial charge in [0.25, 0.3) is 0 Å². The van der Waals surface area contributed by atoms with Crippen molar-refractivity contribution in [2.24, 2.45) is 5.41 Å². The number of piperidine rings is 1. The fraction of sp³-hybridized carbons (Fsp3) is 0.941. The van der Waals surface area contributed by atoms with Gasteiger partial charge in [0, 0.05) is 24.5 Å². The van der Waals surface area contributed by atoms with Gasteiger partial charge in [-0.1, -0.05) is 32.6 Å². The molecule has 0 radical (unpaired) electrons. The van der Waals surface area contributed by atoms with Crippen molar-refractivity contribution < 1.29 is 9.90 Å². The van der Waals surface area contributed by atoms with E-state index in [0.717, 1.165) is 45.3 Å². The molecular weight excluding hydrogens is 264 g/mol. The number of carbonyl (C=O) groups excluding carboxylic acids is 1. The smallest absolute Gasteiger partial charge is 0.225 e. The van der Waals surface area contributed by atoms with Crippen molar-refractivity contribution in [1.29, 1.82) is 0 Å². The predicted molar refractivity (Wildman–Crippen MR) is 85.1 cm³/mol. The number of rotatable bonds is 6. The first-order valence-electron chi connectivity index (χ1n) is 8.79. The highest BCUT2D eigenvalue weighted by atomic mass is 16.3. The van der Waals surface area contributed by atoms with E-state index in [0.29, 0.717) is 6.04 Å². The van der Waals surface area contributed by atoms with Gasteiger partial charge in [0.15, 0.2) is 0 Å². The van der Waals surface area contributed by atoms with Crippen LogP contribution in [0.5, 0.6) is 0 Å². The van der Waals surface area contributed by atoms with Crippen molar-refractivity contribution in [2.75, 3.05) is 26.2 Å². The zero-order valence-corrected chi connectivity index (χ0v) is 13.6. The van der Waals surface area contributed by atoms with Gasteiger partial charge in [-0.05, 0) is 38.6 Å². The summed E-state index contributed by atoms with van der Waals surface area (Å²) in [5, 5.41) is 12.5. The molecule has 0 aromatic rings.